The molecule has 1 heterocycles. The van der Waals surface area contributed by atoms with Crippen LogP contribution in [-0.4, -0.2) is 32.4 Å². The first-order valence-electron chi connectivity index (χ1n) is 4.87. The minimum absolute atomic E-state index is 0.254. The lowest BCUT2D eigenvalue weighted by Crippen LogP contribution is -2.08. The number of benzene rings is 1. The smallest absolute Gasteiger partial charge is 0.325 e. The van der Waals surface area contributed by atoms with Crippen molar-refractivity contribution in [2.24, 2.45) is 0 Å². The Labute approximate surface area is 96.5 Å². The van der Waals surface area contributed by atoms with Gasteiger partial charge in [-0.3, -0.25) is 9.59 Å². The Morgan fingerprint density at radius 2 is 2.18 bits per heavy atom. The first-order chi connectivity index (χ1) is 8.20. The van der Waals surface area contributed by atoms with E-state index in [9.17, 15) is 9.59 Å². The highest BCUT2D eigenvalue weighted by Gasteiger charge is 2.09. The highest BCUT2D eigenvalue weighted by atomic mass is 16.4. The number of hydrogen-bond acceptors (Lipinski definition) is 4. The van der Waals surface area contributed by atoms with Gasteiger partial charge >= 0.3 is 5.97 Å². The molecule has 0 aliphatic carbocycles. The SMILES string of the molecule is O=Cc1ccccc1-c1cn(CC(=O)O)nn1. The van der Waals surface area contributed by atoms with E-state index in [1.807, 2.05) is 0 Å². The number of carboxylic acid groups (broad SMARTS) is 1. The maximum absolute atomic E-state index is 10.8. The van der Waals surface area contributed by atoms with Gasteiger partial charge in [0.2, 0.25) is 0 Å². The number of carboxylic acids is 1. The molecule has 2 rings (SSSR count). The van der Waals surface area contributed by atoms with Gasteiger partial charge in [0.25, 0.3) is 0 Å². The molecule has 0 saturated carbocycles. The summed E-state index contributed by atoms with van der Waals surface area (Å²) in [6.45, 7) is -0.254. The minimum Gasteiger partial charge on any atom is -0.480 e. The Morgan fingerprint density at radius 1 is 1.41 bits per heavy atom. The van der Waals surface area contributed by atoms with Crippen LogP contribution in [0.4, 0.5) is 0 Å². The average Bonchev–Trinajstić information content (AvgIpc) is 2.76. The van der Waals surface area contributed by atoms with Crippen LogP contribution in [0.25, 0.3) is 11.3 Å². The summed E-state index contributed by atoms with van der Waals surface area (Å²) in [7, 11) is 0. The largest absolute Gasteiger partial charge is 0.480 e. The zero-order chi connectivity index (χ0) is 12.3. The summed E-state index contributed by atoms with van der Waals surface area (Å²) in [5, 5.41) is 16.1. The van der Waals surface area contributed by atoms with Gasteiger partial charge in [-0.1, -0.05) is 29.5 Å². The molecule has 1 N–H and O–H groups in total. The molecule has 0 bridgehead atoms. The van der Waals surface area contributed by atoms with Crippen LogP contribution in [0.2, 0.25) is 0 Å². The summed E-state index contributed by atoms with van der Waals surface area (Å²) in [5.41, 5.74) is 1.61. The van der Waals surface area contributed by atoms with Crippen molar-refractivity contribution in [2.45, 2.75) is 6.54 Å². The number of aliphatic carboxylic acids is 1. The fraction of sp³-hybridized carbons (Fsp3) is 0.0909. The fourth-order valence-corrected chi connectivity index (χ4v) is 1.47. The fourth-order valence-electron chi connectivity index (χ4n) is 1.47. The summed E-state index contributed by atoms with van der Waals surface area (Å²) in [6, 6.07) is 6.92. The summed E-state index contributed by atoms with van der Waals surface area (Å²) in [4.78, 5) is 21.3. The molecule has 0 fully saturated rings. The van der Waals surface area contributed by atoms with Crippen LogP contribution in [0.1, 0.15) is 10.4 Å². The molecule has 0 aliphatic rings. The maximum atomic E-state index is 10.8. The number of carbonyl (C=O) groups excluding carboxylic acids is 1. The first-order valence-corrected chi connectivity index (χ1v) is 4.87. The van der Waals surface area contributed by atoms with Gasteiger partial charge in [-0.15, -0.1) is 5.10 Å². The summed E-state index contributed by atoms with van der Waals surface area (Å²) in [5.74, 6) is -0.995. The zero-order valence-corrected chi connectivity index (χ0v) is 8.78. The summed E-state index contributed by atoms with van der Waals surface area (Å²) < 4.78 is 1.21. The van der Waals surface area contributed by atoms with E-state index in [1.54, 1.807) is 24.3 Å². The molecular weight excluding hydrogens is 222 g/mol. The van der Waals surface area contributed by atoms with Crippen LogP contribution in [-0.2, 0) is 11.3 Å². The molecule has 0 unspecified atom stereocenters. The number of rotatable bonds is 4. The summed E-state index contributed by atoms with van der Waals surface area (Å²) >= 11 is 0. The predicted octanol–water partition coefficient (Wildman–Crippen LogP) is 0.842. The maximum Gasteiger partial charge on any atom is 0.325 e. The van der Waals surface area contributed by atoms with E-state index in [0.717, 1.165) is 6.29 Å². The van der Waals surface area contributed by atoms with Gasteiger partial charge in [0.1, 0.15) is 12.2 Å². The lowest BCUT2D eigenvalue weighted by atomic mass is 10.1. The van der Waals surface area contributed by atoms with E-state index in [-0.39, 0.29) is 6.54 Å². The standard InChI is InChI=1S/C11H9N3O3/c15-7-8-3-1-2-4-9(8)10-5-14(13-12-10)6-11(16)17/h1-5,7H,6H2,(H,16,17). The molecule has 2 aromatic rings. The molecule has 0 radical (unpaired) electrons. The van der Waals surface area contributed by atoms with E-state index in [4.69, 9.17) is 5.11 Å². The Morgan fingerprint density at radius 3 is 2.88 bits per heavy atom. The van der Waals surface area contributed by atoms with Gasteiger partial charge in [0, 0.05) is 11.1 Å². The molecule has 6 nitrogen and oxygen atoms in total. The van der Waals surface area contributed by atoms with E-state index in [2.05, 4.69) is 10.3 Å². The second kappa shape index (κ2) is 4.56. The van der Waals surface area contributed by atoms with Crippen molar-refractivity contribution in [1.29, 1.82) is 0 Å². The zero-order valence-electron chi connectivity index (χ0n) is 8.78. The number of hydrogen-bond donors (Lipinski definition) is 1. The molecule has 1 aromatic heterocycles. The minimum atomic E-state index is -0.995. The topological polar surface area (TPSA) is 85.1 Å². The second-order valence-electron chi connectivity index (χ2n) is 3.40. The third kappa shape index (κ3) is 2.36. The van der Waals surface area contributed by atoms with E-state index in [0.29, 0.717) is 16.8 Å². The van der Waals surface area contributed by atoms with Crippen LogP contribution in [0.5, 0.6) is 0 Å². The van der Waals surface area contributed by atoms with Crippen LogP contribution in [0.3, 0.4) is 0 Å². The van der Waals surface area contributed by atoms with Gasteiger partial charge in [-0.05, 0) is 0 Å². The normalized spacial score (nSPS) is 10.1. The third-order valence-electron chi connectivity index (χ3n) is 2.20. The van der Waals surface area contributed by atoms with Crippen molar-refractivity contribution in [1.82, 2.24) is 15.0 Å². The Bertz CT molecular complexity index is 563. The molecule has 1 aromatic carbocycles. The molecule has 0 aliphatic heterocycles. The lowest BCUT2D eigenvalue weighted by molar-refractivity contribution is -0.137. The van der Waals surface area contributed by atoms with Gasteiger partial charge in [0.15, 0.2) is 6.29 Å². The van der Waals surface area contributed by atoms with Crippen LogP contribution >= 0.6 is 0 Å². The number of aromatic nitrogens is 3. The van der Waals surface area contributed by atoms with Gasteiger partial charge in [-0.25, -0.2) is 4.68 Å². The number of nitrogens with zero attached hydrogens (tertiary/aromatic N) is 3. The molecule has 0 amide bonds. The molecule has 0 spiro atoms. The van der Waals surface area contributed by atoms with E-state index in [1.165, 1.54) is 10.9 Å². The molecule has 0 atom stereocenters. The van der Waals surface area contributed by atoms with E-state index < -0.39 is 5.97 Å². The monoisotopic (exact) mass is 231 g/mol. The van der Waals surface area contributed by atoms with Crippen LogP contribution < -0.4 is 0 Å². The highest BCUT2D eigenvalue weighted by Crippen LogP contribution is 2.19. The van der Waals surface area contributed by atoms with Crippen molar-refractivity contribution in [3.05, 3.63) is 36.0 Å². The van der Waals surface area contributed by atoms with E-state index >= 15 is 0 Å². The third-order valence-corrected chi connectivity index (χ3v) is 2.20. The molecule has 0 saturated heterocycles. The first kappa shape index (κ1) is 11.0. The Kier molecular flexibility index (Phi) is 2.95. The lowest BCUT2D eigenvalue weighted by Gasteiger charge is -1.98. The molecule has 17 heavy (non-hydrogen) atoms. The average molecular weight is 231 g/mol. The van der Waals surface area contributed by atoms with Gasteiger partial charge < -0.3 is 5.11 Å². The van der Waals surface area contributed by atoms with Crippen molar-refractivity contribution in [3.8, 4) is 11.3 Å². The van der Waals surface area contributed by atoms with Gasteiger partial charge in [0.05, 0.1) is 6.20 Å². The quantitative estimate of drug-likeness (QED) is 0.788. The molecular formula is C11H9N3O3. The van der Waals surface area contributed by atoms with Crippen LogP contribution in [0, 0.1) is 0 Å². The Hall–Kier alpha value is -2.50. The highest BCUT2D eigenvalue weighted by molar-refractivity contribution is 5.86. The molecule has 86 valence electrons. The summed E-state index contributed by atoms with van der Waals surface area (Å²) in [6.07, 6.45) is 2.22. The Balaban J connectivity index is 2.36. The van der Waals surface area contributed by atoms with Crippen molar-refractivity contribution in [2.75, 3.05) is 0 Å². The van der Waals surface area contributed by atoms with Gasteiger partial charge in [-0.2, -0.15) is 0 Å². The van der Waals surface area contributed by atoms with Crippen molar-refractivity contribution in [3.63, 3.8) is 0 Å². The second-order valence-corrected chi connectivity index (χ2v) is 3.40. The van der Waals surface area contributed by atoms with Crippen molar-refractivity contribution < 1.29 is 14.7 Å². The predicted molar refractivity (Wildman–Crippen MR) is 58.5 cm³/mol. The number of aldehydes is 1. The number of carbonyl (C=O) groups is 2. The van der Waals surface area contributed by atoms with Crippen LogP contribution in [0.15, 0.2) is 30.5 Å². The van der Waals surface area contributed by atoms with Crippen molar-refractivity contribution >= 4 is 12.3 Å². The molecule has 6 heteroatoms.